The molecule has 2 N–H and O–H groups in total. The second-order valence-corrected chi connectivity index (χ2v) is 12.2. The summed E-state index contributed by atoms with van der Waals surface area (Å²) >= 11 is 0. The number of phenolic OH excluding ortho intramolecular Hbond substituents is 1. The van der Waals surface area contributed by atoms with Crippen LogP contribution in [0.25, 0.3) is 38.9 Å². The number of nitrogens with one attached hydrogen (secondary N) is 1. The molecule has 12 heteroatoms. The van der Waals surface area contributed by atoms with Crippen LogP contribution < -0.4 is 15.0 Å². The number of ether oxygens (including phenoxy) is 1. The number of hydrogen-bond donors (Lipinski definition) is 2. The van der Waals surface area contributed by atoms with Crippen molar-refractivity contribution in [2.24, 2.45) is 0 Å². The van der Waals surface area contributed by atoms with Crippen molar-refractivity contribution in [2.45, 2.75) is 32.2 Å². The molecule has 1 unspecified atom stereocenters. The number of benzene rings is 3. The molecule has 7 rings (SSSR count). The van der Waals surface area contributed by atoms with E-state index in [0.717, 1.165) is 16.8 Å². The van der Waals surface area contributed by atoms with E-state index in [2.05, 4.69) is 26.3 Å². The molecular formula is C38H37F2N7O3. The molecule has 1 atom stereocenters. The number of pyridine rings is 1. The third-order valence-corrected chi connectivity index (χ3v) is 8.80. The first kappa shape index (κ1) is 34.2. The Labute approximate surface area is 288 Å². The number of carbonyl (C=O) groups excluding carboxylic acids is 1. The second kappa shape index (κ2) is 15.3. The molecule has 4 heterocycles. The van der Waals surface area contributed by atoms with Crippen molar-refractivity contribution >= 4 is 39.5 Å². The molecule has 50 heavy (non-hydrogen) atoms. The number of nitrogens with zero attached hydrogens (tertiary/aromatic N) is 6. The quantitative estimate of drug-likeness (QED) is 0.199. The third-order valence-electron chi connectivity index (χ3n) is 8.80. The third kappa shape index (κ3) is 7.33. The number of carbonyl (C=O) groups is 1. The lowest BCUT2D eigenvalue weighted by molar-refractivity contribution is -0.131. The summed E-state index contributed by atoms with van der Waals surface area (Å²) in [7, 11) is 1.38. The van der Waals surface area contributed by atoms with Gasteiger partial charge >= 0.3 is 6.01 Å². The minimum Gasteiger partial charge on any atom is -0.508 e. The molecular weight excluding hydrogens is 640 g/mol. The zero-order valence-electron chi connectivity index (χ0n) is 27.9. The van der Waals surface area contributed by atoms with E-state index in [-0.39, 0.29) is 48.9 Å². The minimum absolute atomic E-state index is 0.00142. The van der Waals surface area contributed by atoms with Gasteiger partial charge in [-0.1, -0.05) is 36.4 Å². The Balaban J connectivity index is 0.000000794. The number of phenols is 1. The summed E-state index contributed by atoms with van der Waals surface area (Å²) in [5.41, 5.74) is 1.75. The number of aromatic nitrogens is 3. The average Bonchev–Trinajstić information content (AvgIpc) is 3.72. The Kier molecular flexibility index (Phi) is 10.4. The minimum atomic E-state index is -0.979. The molecule has 0 bridgehead atoms. The van der Waals surface area contributed by atoms with Crippen LogP contribution in [0.4, 0.5) is 14.6 Å². The molecule has 2 aromatic heterocycles. The van der Waals surface area contributed by atoms with Crippen LogP contribution in [0, 0.1) is 24.1 Å². The van der Waals surface area contributed by atoms with Crippen LogP contribution in [-0.2, 0) is 4.79 Å². The molecule has 10 nitrogen and oxygen atoms in total. The Morgan fingerprint density at radius 3 is 2.56 bits per heavy atom. The van der Waals surface area contributed by atoms with Gasteiger partial charge in [0.1, 0.15) is 17.1 Å². The van der Waals surface area contributed by atoms with Crippen LogP contribution in [0.5, 0.6) is 11.8 Å². The van der Waals surface area contributed by atoms with Crippen LogP contribution in [0.3, 0.4) is 0 Å². The lowest BCUT2D eigenvalue weighted by Gasteiger charge is -2.41. The highest BCUT2D eigenvalue weighted by atomic mass is 19.1. The molecule has 0 radical (unpaired) electrons. The maximum atomic E-state index is 16.3. The van der Waals surface area contributed by atoms with Crippen molar-refractivity contribution in [3.63, 3.8) is 0 Å². The van der Waals surface area contributed by atoms with Gasteiger partial charge in [0.15, 0.2) is 11.6 Å². The highest BCUT2D eigenvalue weighted by molar-refractivity contribution is 6.01. The second-order valence-electron chi connectivity index (χ2n) is 12.2. The van der Waals surface area contributed by atoms with E-state index < -0.39 is 23.6 Å². The first-order valence-corrected chi connectivity index (χ1v) is 16.5. The summed E-state index contributed by atoms with van der Waals surface area (Å²) in [4.78, 5) is 29.4. The predicted octanol–water partition coefficient (Wildman–Crippen LogP) is 6.32. The number of nitriles is 1. The smallest absolute Gasteiger partial charge is 0.318 e. The van der Waals surface area contributed by atoms with Crippen molar-refractivity contribution in [1.29, 1.82) is 5.26 Å². The van der Waals surface area contributed by atoms with Gasteiger partial charge < -0.3 is 25.0 Å². The lowest BCUT2D eigenvalue weighted by Crippen LogP contribution is -2.55. The summed E-state index contributed by atoms with van der Waals surface area (Å²) < 4.78 is 36.8. The number of piperazine rings is 1. The lowest BCUT2D eigenvalue weighted by atomic mass is 9.96. The Hall–Kier alpha value is -5.67. The van der Waals surface area contributed by atoms with Crippen LogP contribution in [-0.4, -0.2) is 76.7 Å². The van der Waals surface area contributed by atoms with Gasteiger partial charge in [0.2, 0.25) is 0 Å². The molecule has 0 aliphatic carbocycles. The molecule has 0 saturated carbocycles. The van der Waals surface area contributed by atoms with Crippen molar-refractivity contribution in [3.8, 4) is 29.0 Å². The van der Waals surface area contributed by atoms with Gasteiger partial charge in [-0.25, -0.2) is 8.78 Å². The molecule has 5 aromatic rings. The number of amides is 1. The van der Waals surface area contributed by atoms with Crippen LogP contribution in [0.1, 0.15) is 30.7 Å². The monoisotopic (exact) mass is 677 g/mol. The molecule has 3 aromatic carbocycles. The zero-order valence-corrected chi connectivity index (χ0v) is 27.9. The summed E-state index contributed by atoms with van der Waals surface area (Å²) in [6.45, 7) is 4.74. The Morgan fingerprint density at radius 2 is 1.84 bits per heavy atom. The molecule has 2 aliphatic heterocycles. The molecule has 2 aliphatic rings. The van der Waals surface area contributed by atoms with E-state index in [4.69, 9.17) is 4.74 Å². The average molecular weight is 678 g/mol. The number of methoxy groups -OCH3 is 1. The number of rotatable bonds is 6. The molecule has 1 amide bonds. The number of aryl methyl sites for hydroxylation is 1. The number of hydrogen-bond acceptors (Lipinski definition) is 9. The van der Waals surface area contributed by atoms with Crippen LogP contribution >= 0.6 is 0 Å². The summed E-state index contributed by atoms with van der Waals surface area (Å²) in [5.74, 6) is -2.07. The van der Waals surface area contributed by atoms with E-state index >= 15 is 8.78 Å². The van der Waals surface area contributed by atoms with Gasteiger partial charge in [0.05, 0.1) is 31.3 Å². The van der Waals surface area contributed by atoms with E-state index in [1.165, 1.54) is 44.0 Å². The van der Waals surface area contributed by atoms with Crippen LogP contribution in [0.15, 0.2) is 72.6 Å². The zero-order chi connectivity index (χ0) is 35.2. The topological polar surface area (TPSA) is 128 Å². The number of anilines is 1. The maximum absolute atomic E-state index is 16.3. The van der Waals surface area contributed by atoms with Crippen molar-refractivity contribution in [1.82, 2.24) is 25.2 Å². The van der Waals surface area contributed by atoms with Gasteiger partial charge in [-0.3, -0.25) is 9.78 Å². The number of halogens is 2. The standard InChI is InChI=1S/C34H28F2N6O3.C4H9N/c1-20-6-5-8-22(38-20)17-29(35)33(44)42-15-14-41(19-23(42)12-13-37)32-27-11-10-26(30(36)31(27)39-34(40-32)45-2)28-18-24(43)16-21-7-3-4-9-25(21)28;1-2-4-5-3-1/h3-11,16-18,23,43H,12,14-15,19H2,1-2H3;5H,1-4H2/b29-17-;. The van der Waals surface area contributed by atoms with Gasteiger partial charge in [-0.15, -0.1) is 0 Å². The van der Waals surface area contributed by atoms with Crippen molar-refractivity contribution < 1.29 is 23.4 Å². The predicted molar refractivity (Wildman–Crippen MR) is 189 cm³/mol. The van der Waals surface area contributed by atoms with E-state index in [1.807, 2.05) is 29.2 Å². The van der Waals surface area contributed by atoms with Crippen LogP contribution in [0.2, 0.25) is 0 Å². The SMILES string of the molecule is C1CCNC1.COc1nc(N2CCN(C(=O)/C(F)=C/c3cccc(C)n3)C(CC#N)C2)c2ccc(-c3cc(O)cc4ccccc34)c(F)c2n1. The first-order chi connectivity index (χ1) is 24.3. The molecule has 2 fully saturated rings. The van der Waals surface area contributed by atoms with Gasteiger partial charge in [0, 0.05) is 42.4 Å². The van der Waals surface area contributed by atoms with Gasteiger partial charge in [-0.05, 0) is 79.5 Å². The fourth-order valence-electron chi connectivity index (χ4n) is 6.38. The first-order valence-electron chi connectivity index (χ1n) is 16.5. The number of fused-ring (bicyclic) bond motifs is 2. The molecule has 2 saturated heterocycles. The fourth-order valence-corrected chi connectivity index (χ4v) is 6.38. The van der Waals surface area contributed by atoms with Gasteiger partial charge in [-0.2, -0.15) is 15.2 Å². The summed E-state index contributed by atoms with van der Waals surface area (Å²) in [6, 6.07) is 20.3. The largest absolute Gasteiger partial charge is 0.508 e. The Bertz CT molecular complexity index is 2110. The normalized spacial score (nSPS) is 16.2. The van der Waals surface area contributed by atoms with Crippen molar-refractivity contribution in [3.05, 3.63) is 89.8 Å². The maximum Gasteiger partial charge on any atom is 0.318 e. The van der Waals surface area contributed by atoms with Gasteiger partial charge in [0.25, 0.3) is 5.91 Å². The molecule has 256 valence electrons. The van der Waals surface area contributed by atoms with E-state index in [0.29, 0.717) is 28.2 Å². The van der Waals surface area contributed by atoms with E-state index in [1.54, 1.807) is 43.3 Å². The molecule has 0 spiro atoms. The number of aromatic hydroxyl groups is 1. The van der Waals surface area contributed by atoms with Crippen molar-refractivity contribution in [2.75, 3.05) is 44.7 Å². The highest BCUT2D eigenvalue weighted by Crippen LogP contribution is 2.38. The van der Waals surface area contributed by atoms with E-state index in [9.17, 15) is 15.2 Å². The Morgan fingerprint density at radius 1 is 1.04 bits per heavy atom. The summed E-state index contributed by atoms with van der Waals surface area (Å²) in [6.07, 6.45) is 3.81. The fraction of sp³-hybridized carbons (Fsp3) is 0.289. The summed E-state index contributed by atoms with van der Waals surface area (Å²) in [5, 5.41) is 25.1. The highest BCUT2D eigenvalue weighted by Gasteiger charge is 2.34.